The predicted molar refractivity (Wildman–Crippen MR) is 99.9 cm³/mol. The number of imide groups is 1. The summed E-state index contributed by atoms with van der Waals surface area (Å²) in [6.07, 6.45) is 3.91. The van der Waals surface area contributed by atoms with Crippen LogP contribution in [0.1, 0.15) is 52.4 Å². The van der Waals surface area contributed by atoms with Gasteiger partial charge in [-0.05, 0) is 55.3 Å². The van der Waals surface area contributed by atoms with Crippen LogP contribution in [0.15, 0.2) is 11.6 Å². The molecular formula is C21H27NO7. The number of carboxylic acids is 2. The van der Waals surface area contributed by atoms with Gasteiger partial charge in [-0.2, -0.15) is 0 Å². The maximum Gasteiger partial charge on any atom is 0.414 e. The first-order valence-corrected chi connectivity index (χ1v) is 10.3. The predicted octanol–water partition coefficient (Wildman–Crippen LogP) is 2.83. The molecule has 0 aromatic rings. The molecule has 1 heterocycles. The lowest BCUT2D eigenvalue weighted by Gasteiger charge is -2.61. The quantitative estimate of drug-likeness (QED) is 0.643. The fourth-order valence-electron chi connectivity index (χ4n) is 7.38. The van der Waals surface area contributed by atoms with Gasteiger partial charge in [-0.3, -0.25) is 9.59 Å². The van der Waals surface area contributed by atoms with Crippen LogP contribution in [0.3, 0.4) is 0 Å². The second-order valence-electron chi connectivity index (χ2n) is 9.71. The summed E-state index contributed by atoms with van der Waals surface area (Å²) in [5, 5.41) is 29.6. The average Bonchev–Trinajstić information content (AvgIpc) is 3.02. The Kier molecular flexibility index (Phi) is 4.33. The minimum Gasteiger partial charge on any atom is -0.481 e. The van der Waals surface area contributed by atoms with Crippen LogP contribution in [0.2, 0.25) is 0 Å². The molecule has 0 bridgehead atoms. The lowest BCUT2D eigenvalue weighted by molar-refractivity contribution is -0.168. The minimum atomic E-state index is -1.46. The highest BCUT2D eigenvalue weighted by Gasteiger charge is 2.66. The summed E-state index contributed by atoms with van der Waals surface area (Å²) in [5.74, 6) is -4.25. The van der Waals surface area contributed by atoms with Crippen LogP contribution in [0.4, 0.5) is 4.79 Å². The molecule has 158 valence electrons. The summed E-state index contributed by atoms with van der Waals surface area (Å²) in [4.78, 5) is 49.4. The monoisotopic (exact) mass is 405 g/mol. The maximum absolute atomic E-state index is 12.5. The van der Waals surface area contributed by atoms with E-state index in [9.17, 15) is 34.5 Å². The number of amides is 2. The zero-order chi connectivity index (χ0) is 21.3. The van der Waals surface area contributed by atoms with Crippen LogP contribution in [0, 0.1) is 34.5 Å². The van der Waals surface area contributed by atoms with Crippen LogP contribution >= 0.6 is 0 Å². The SMILES string of the molecule is C[C@@]12CCC[C@H]1[C@@H]1C(C(=O)O)CC3N(C(=O)O)C(=O)C=C(C(=O)O)[C@]3(C)[C@@H]1CC2. The number of hydrogen-bond acceptors (Lipinski definition) is 4. The van der Waals surface area contributed by atoms with Crippen LogP contribution in [0.5, 0.6) is 0 Å². The van der Waals surface area contributed by atoms with Crippen molar-refractivity contribution >= 4 is 23.9 Å². The molecule has 4 aliphatic rings. The van der Waals surface area contributed by atoms with Gasteiger partial charge in [-0.15, -0.1) is 0 Å². The zero-order valence-electron chi connectivity index (χ0n) is 16.6. The van der Waals surface area contributed by atoms with Gasteiger partial charge in [-0.1, -0.05) is 20.3 Å². The Morgan fingerprint density at radius 3 is 2.34 bits per heavy atom. The van der Waals surface area contributed by atoms with Crippen molar-refractivity contribution in [1.82, 2.24) is 4.90 Å². The number of rotatable bonds is 2. The van der Waals surface area contributed by atoms with E-state index in [1.807, 2.05) is 0 Å². The van der Waals surface area contributed by atoms with Gasteiger partial charge in [0.15, 0.2) is 0 Å². The van der Waals surface area contributed by atoms with Gasteiger partial charge in [0.05, 0.1) is 17.5 Å². The molecule has 29 heavy (non-hydrogen) atoms. The van der Waals surface area contributed by atoms with Crippen molar-refractivity contribution in [2.24, 2.45) is 34.5 Å². The Hall–Kier alpha value is -2.38. The van der Waals surface area contributed by atoms with Crippen molar-refractivity contribution in [3.05, 3.63) is 11.6 Å². The number of nitrogens with zero attached hydrogens (tertiary/aromatic N) is 1. The molecule has 7 atom stereocenters. The Bertz CT molecular complexity index is 835. The number of carbonyl (C=O) groups excluding carboxylic acids is 1. The second-order valence-corrected chi connectivity index (χ2v) is 9.71. The third-order valence-corrected chi connectivity index (χ3v) is 8.67. The Morgan fingerprint density at radius 2 is 1.76 bits per heavy atom. The van der Waals surface area contributed by atoms with Gasteiger partial charge in [-0.25, -0.2) is 14.5 Å². The molecule has 0 radical (unpaired) electrons. The van der Waals surface area contributed by atoms with Crippen LogP contribution in [0.25, 0.3) is 0 Å². The maximum atomic E-state index is 12.5. The van der Waals surface area contributed by atoms with Crippen molar-refractivity contribution in [3.63, 3.8) is 0 Å². The fourth-order valence-corrected chi connectivity index (χ4v) is 7.38. The van der Waals surface area contributed by atoms with Crippen LogP contribution in [-0.2, 0) is 14.4 Å². The van der Waals surface area contributed by atoms with Gasteiger partial charge < -0.3 is 15.3 Å². The molecule has 0 aromatic carbocycles. The number of fused-ring (bicyclic) bond motifs is 5. The van der Waals surface area contributed by atoms with E-state index < -0.39 is 41.3 Å². The number of aliphatic carboxylic acids is 2. The molecule has 8 nitrogen and oxygen atoms in total. The van der Waals surface area contributed by atoms with Crippen molar-refractivity contribution in [2.45, 2.75) is 58.4 Å². The Balaban J connectivity index is 1.90. The molecule has 0 saturated heterocycles. The first-order chi connectivity index (χ1) is 13.5. The fraction of sp³-hybridized carbons (Fsp3) is 0.714. The third kappa shape index (κ3) is 2.57. The molecule has 3 fully saturated rings. The summed E-state index contributed by atoms with van der Waals surface area (Å²) >= 11 is 0. The van der Waals surface area contributed by atoms with Crippen LogP contribution < -0.4 is 0 Å². The molecule has 2 unspecified atom stereocenters. The topological polar surface area (TPSA) is 132 Å². The average molecular weight is 405 g/mol. The number of carbonyl (C=O) groups is 4. The molecule has 4 rings (SSSR count). The Labute approximate surface area is 168 Å². The smallest absolute Gasteiger partial charge is 0.414 e. The van der Waals surface area contributed by atoms with E-state index in [-0.39, 0.29) is 35.2 Å². The highest BCUT2D eigenvalue weighted by atomic mass is 16.4. The molecular weight excluding hydrogens is 378 g/mol. The van der Waals surface area contributed by atoms with Gasteiger partial charge in [0.25, 0.3) is 5.91 Å². The molecule has 1 aliphatic heterocycles. The normalized spacial score (nSPS) is 43.7. The molecule has 3 saturated carbocycles. The number of carboxylic acid groups (broad SMARTS) is 3. The van der Waals surface area contributed by atoms with E-state index in [4.69, 9.17) is 0 Å². The van der Waals surface area contributed by atoms with E-state index in [2.05, 4.69) is 6.92 Å². The van der Waals surface area contributed by atoms with Crippen molar-refractivity contribution in [1.29, 1.82) is 0 Å². The molecule has 3 aliphatic carbocycles. The molecule has 2 amide bonds. The molecule has 0 spiro atoms. The third-order valence-electron chi connectivity index (χ3n) is 8.67. The summed E-state index contributed by atoms with van der Waals surface area (Å²) in [7, 11) is 0. The minimum absolute atomic E-state index is 0.0394. The lowest BCUT2D eigenvalue weighted by Crippen LogP contribution is -2.66. The summed E-state index contributed by atoms with van der Waals surface area (Å²) in [5.41, 5.74) is -1.13. The first-order valence-electron chi connectivity index (χ1n) is 10.3. The standard InChI is InChI=1S/C21H27NO7/c1-20-6-3-4-11(20)16-10(17(24)25)8-14-21(2,12(16)5-7-20)13(18(26)27)9-15(23)22(14)19(28)29/h9-12,14,16H,3-8H2,1-2H3,(H,24,25)(H,26,27)(H,28,29)/t10?,11-,12+,14?,16-,20-,21-/m0/s1. The van der Waals surface area contributed by atoms with Crippen molar-refractivity contribution in [3.8, 4) is 0 Å². The van der Waals surface area contributed by atoms with Gasteiger partial charge in [0.1, 0.15) is 0 Å². The molecule has 8 heteroatoms. The molecule has 0 aromatic heterocycles. The van der Waals surface area contributed by atoms with Crippen molar-refractivity contribution < 1.29 is 34.5 Å². The summed E-state index contributed by atoms with van der Waals surface area (Å²) in [6.45, 7) is 3.93. The van der Waals surface area contributed by atoms with E-state index in [0.29, 0.717) is 11.3 Å². The van der Waals surface area contributed by atoms with Gasteiger partial charge >= 0.3 is 18.0 Å². The number of hydrogen-bond donors (Lipinski definition) is 3. The first kappa shape index (κ1) is 19.9. The molecule has 3 N–H and O–H groups in total. The highest BCUT2D eigenvalue weighted by Crippen LogP contribution is 2.66. The van der Waals surface area contributed by atoms with Gasteiger partial charge in [0, 0.05) is 11.5 Å². The van der Waals surface area contributed by atoms with Crippen molar-refractivity contribution in [2.75, 3.05) is 0 Å². The van der Waals surface area contributed by atoms with E-state index in [0.717, 1.165) is 31.8 Å². The van der Waals surface area contributed by atoms with E-state index in [1.54, 1.807) is 6.92 Å². The Morgan fingerprint density at radius 1 is 1.07 bits per heavy atom. The zero-order valence-corrected chi connectivity index (χ0v) is 16.6. The highest BCUT2D eigenvalue weighted by molar-refractivity contribution is 6.06. The van der Waals surface area contributed by atoms with Gasteiger partial charge in [0.2, 0.25) is 0 Å². The second kappa shape index (κ2) is 6.31. The van der Waals surface area contributed by atoms with Crippen LogP contribution in [-0.4, -0.2) is 50.2 Å². The van der Waals surface area contributed by atoms with E-state index >= 15 is 0 Å². The summed E-state index contributed by atoms with van der Waals surface area (Å²) in [6, 6.07) is -0.989. The lowest BCUT2D eigenvalue weighted by atomic mass is 9.44. The largest absolute Gasteiger partial charge is 0.481 e. The summed E-state index contributed by atoms with van der Waals surface area (Å²) < 4.78 is 0. The van der Waals surface area contributed by atoms with E-state index in [1.165, 1.54) is 0 Å².